The molecule has 0 aliphatic rings. The first kappa shape index (κ1) is 24.4. The van der Waals surface area contributed by atoms with Crippen molar-refractivity contribution >= 4 is 25.4 Å². The van der Waals surface area contributed by atoms with Crippen molar-refractivity contribution < 1.29 is 37.2 Å². The Labute approximate surface area is 188 Å². The topological polar surface area (TPSA) is 101 Å². The third kappa shape index (κ3) is 6.89. The first-order chi connectivity index (χ1) is 15.5. The van der Waals surface area contributed by atoms with Gasteiger partial charge in [-0.2, -0.15) is 13.2 Å². The molecule has 0 unspecified atom stereocenters. The first-order valence-electron chi connectivity index (χ1n) is 9.63. The second kappa shape index (κ2) is 10.2. The summed E-state index contributed by atoms with van der Waals surface area (Å²) < 4.78 is 49.6. The van der Waals surface area contributed by atoms with Crippen LogP contribution in [0.15, 0.2) is 60.8 Å². The number of nitrogens with one attached hydrogen (secondary N) is 1. The number of nitrogens with zero attached hydrogens (tertiary/aromatic N) is 1. The van der Waals surface area contributed by atoms with Crippen molar-refractivity contribution in [3.8, 4) is 17.2 Å². The summed E-state index contributed by atoms with van der Waals surface area (Å²) in [4.78, 5) is 34.9. The highest BCUT2D eigenvalue weighted by molar-refractivity contribution is 7.54. The molecule has 0 aliphatic carbocycles. The maximum Gasteiger partial charge on any atom is 0.417 e. The maximum atomic E-state index is 12.7. The molecule has 1 heterocycles. The smallest absolute Gasteiger partial charge is 0.417 e. The van der Waals surface area contributed by atoms with Gasteiger partial charge in [-0.1, -0.05) is 0 Å². The van der Waals surface area contributed by atoms with Crippen LogP contribution in [0.2, 0.25) is 0 Å². The number of halogens is 3. The Hall–Kier alpha value is -3.20. The summed E-state index contributed by atoms with van der Waals surface area (Å²) in [6.07, 6.45) is -4.09. The van der Waals surface area contributed by atoms with Gasteiger partial charge in [0.1, 0.15) is 23.1 Å². The third-order valence-electron chi connectivity index (χ3n) is 4.15. The van der Waals surface area contributed by atoms with Gasteiger partial charge in [0.15, 0.2) is 8.38 Å². The molecule has 3 rings (SSSR count). The van der Waals surface area contributed by atoms with Crippen LogP contribution in [0.25, 0.3) is 0 Å². The predicted molar refractivity (Wildman–Crippen MR) is 117 cm³/mol. The van der Waals surface area contributed by atoms with E-state index in [1.807, 2.05) is 0 Å². The summed E-state index contributed by atoms with van der Waals surface area (Å²) in [7, 11) is -2.23. The zero-order valence-corrected chi connectivity index (χ0v) is 18.4. The van der Waals surface area contributed by atoms with Gasteiger partial charge in [0.25, 0.3) is 5.91 Å². The van der Waals surface area contributed by atoms with Gasteiger partial charge in [-0.25, -0.2) is 4.98 Å². The molecule has 3 aromatic rings. The molecule has 0 saturated heterocycles. The van der Waals surface area contributed by atoms with Crippen LogP contribution in [0.5, 0.6) is 17.2 Å². The van der Waals surface area contributed by atoms with E-state index in [1.165, 1.54) is 24.3 Å². The van der Waals surface area contributed by atoms with Crippen LogP contribution in [-0.4, -0.2) is 26.8 Å². The van der Waals surface area contributed by atoms with E-state index in [0.717, 1.165) is 12.1 Å². The van der Waals surface area contributed by atoms with Crippen LogP contribution >= 0.6 is 8.38 Å². The summed E-state index contributed by atoms with van der Waals surface area (Å²) in [5, 5.41) is 2.79. The molecule has 2 aromatic carbocycles. The third-order valence-corrected chi connectivity index (χ3v) is 4.91. The van der Waals surface area contributed by atoms with Gasteiger partial charge in [0.05, 0.1) is 11.7 Å². The molecule has 1 aromatic heterocycles. The average molecular weight is 480 g/mol. The van der Waals surface area contributed by atoms with Crippen molar-refractivity contribution in [1.82, 2.24) is 4.98 Å². The minimum Gasteiger partial charge on any atom is -0.491 e. The van der Waals surface area contributed by atoms with Gasteiger partial charge in [0, 0.05) is 23.1 Å². The molecular formula is C22H20F3N2O5P. The summed E-state index contributed by atoms with van der Waals surface area (Å²) in [6, 6.07) is 12.4. The van der Waals surface area contributed by atoms with Gasteiger partial charge in [-0.05, 0) is 62.4 Å². The van der Waals surface area contributed by atoms with Gasteiger partial charge < -0.3 is 24.6 Å². The van der Waals surface area contributed by atoms with Gasteiger partial charge in [-0.15, -0.1) is 0 Å². The molecule has 0 atom stereocenters. The van der Waals surface area contributed by atoms with Crippen LogP contribution < -0.4 is 20.1 Å². The fourth-order valence-corrected chi connectivity index (χ4v) is 3.13. The molecule has 33 heavy (non-hydrogen) atoms. The molecule has 7 nitrogen and oxygen atoms in total. The Bertz CT molecular complexity index is 1100. The number of anilines is 1. The highest BCUT2D eigenvalue weighted by Gasteiger charge is 2.30. The van der Waals surface area contributed by atoms with E-state index in [1.54, 1.807) is 32.0 Å². The molecule has 0 aliphatic heterocycles. The van der Waals surface area contributed by atoms with Crippen molar-refractivity contribution in [2.24, 2.45) is 0 Å². The molecule has 11 heteroatoms. The number of amides is 1. The lowest BCUT2D eigenvalue weighted by molar-refractivity contribution is -0.137. The van der Waals surface area contributed by atoms with E-state index in [9.17, 15) is 27.8 Å². The van der Waals surface area contributed by atoms with Crippen LogP contribution in [0.1, 0.15) is 29.8 Å². The van der Waals surface area contributed by atoms with Crippen molar-refractivity contribution in [3.05, 3.63) is 71.9 Å². The second-order valence-corrected chi connectivity index (χ2v) is 8.22. The lowest BCUT2D eigenvalue weighted by Gasteiger charge is -2.14. The Morgan fingerprint density at radius 2 is 1.67 bits per heavy atom. The number of pyridine rings is 1. The van der Waals surface area contributed by atoms with Gasteiger partial charge in [0.2, 0.25) is 0 Å². The lowest BCUT2D eigenvalue weighted by atomic mass is 10.1. The monoisotopic (exact) mass is 480 g/mol. The van der Waals surface area contributed by atoms with E-state index in [-0.39, 0.29) is 23.2 Å². The van der Waals surface area contributed by atoms with Crippen LogP contribution in [0.4, 0.5) is 19.0 Å². The zero-order chi connectivity index (χ0) is 24.2. The number of carbonyl (C=O) groups is 1. The fraction of sp³-hybridized carbons (Fsp3) is 0.182. The largest absolute Gasteiger partial charge is 0.491 e. The quantitative estimate of drug-likeness (QED) is 0.418. The van der Waals surface area contributed by atoms with E-state index in [4.69, 9.17) is 9.47 Å². The Kier molecular flexibility index (Phi) is 7.53. The maximum absolute atomic E-state index is 12.7. The number of hydrogen-bond donors (Lipinski definition) is 3. The minimum atomic E-state index is -4.53. The van der Waals surface area contributed by atoms with Crippen molar-refractivity contribution in [3.63, 3.8) is 0 Å². The normalized spacial score (nSPS) is 11.5. The standard InChI is InChI=1S/C22H20F3N2O5P/c1-13(2)31-17-9-14(21(28)27-20-8-3-15(12-26-20)22(23,24)25)10-18(11-17)32-16-4-6-19(7-5-16)33(29)30/h3-13,29-30H,1-2H3,(H,26,27,28). The predicted octanol–water partition coefficient (Wildman–Crippen LogP) is 4.85. The number of alkyl halides is 3. The van der Waals surface area contributed by atoms with E-state index in [0.29, 0.717) is 23.0 Å². The van der Waals surface area contributed by atoms with Crippen LogP contribution in [0.3, 0.4) is 0 Å². The molecule has 174 valence electrons. The molecular weight excluding hydrogens is 460 g/mol. The van der Waals surface area contributed by atoms with Crippen molar-refractivity contribution in [2.45, 2.75) is 26.1 Å². The Balaban J connectivity index is 1.83. The number of ether oxygens (including phenoxy) is 2. The number of rotatable bonds is 7. The number of aromatic nitrogens is 1. The molecule has 0 radical (unpaired) electrons. The molecule has 0 spiro atoms. The summed E-state index contributed by atoms with van der Waals surface area (Å²) >= 11 is 0. The zero-order valence-electron chi connectivity index (χ0n) is 17.5. The second-order valence-electron chi connectivity index (χ2n) is 7.13. The summed E-state index contributed by atoms with van der Waals surface area (Å²) in [5.74, 6) is 0.322. The molecule has 1 amide bonds. The molecule has 0 bridgehead atoms. The van der Waals surface area contributed by atoms with Gasteiger partial charge >= 0.3 is 6.18 Å². The average Bonchev–Trinajstić information content (AvgIpc) is 2.73. The SMILES string of the molecule is CC(C)Oc1cc(Oc2ccc(P(O)O)cc2)cc(C(=O)Nc2ccc(C(F)(F)F)cn2)c1. The summed E-state index contributed by atoms with van der Waals surface area (Å²) in [5.41, 5.74) is -0.791. The number of benzene rings is 2. The summed E-state index contributed by atoms with van der Waals surface area (Å²) in [6.45, 7) is 3.61. The van der Waals surface area contributed by atoms with E-state index >= 15 is 0 Å². The lowest BCUT2D eigenvalue weighted by Crippen LogP contribution is -2.14. The molecule has 0 fully saturated rings. The van der Waals surface area contributed by atoms with Crippen molar-refractivity contribution in [2.75, 3.05) is 5.32 Å². The highest BCUT2D eigenvalue weighted by atomic mass is 31.2. The Morgan fingerprint density at radius 3 is 2.21 bits per heavy atom. The van der Waals surface area contributed by atoms with Crippen LogP contribution in [-0.2, 0) is 6.18 Å². The van der Waals surface area contributed by atoms with E-state index in [2.05, 4.69) is 10.3 Å². The highest BCUT2D eigenvalue weighted by Crippen LogP contribution is 2.31. The minimum absolute atomic E-state index is 0.0502. The van der Waals surface area contributed by atoms with E-state index < -0.39 is 26.0 Å². The first-order valence-corrected chi connectivity index (χ1v) is 10.9. The van der Waals surface area contributed by atoms with Crippen LogP contribution in [0, 0.1) is 0 Å². The number of hydrogen-bond acceptors (Lipinski definition) is 6. The fourth-order valence-electron chi connectivity index (χ4n) is 2.71. The Morgan fingerprint density at radius 1 is 1.00 bits per heavy atom. The molecule has 3 N–H and O–H groups in total. The molecule has 0 saturated carbocycles. The van der Waals surface area contributed by atoms with Crippen molar-refractivity contribution in [1.29, 1.82) is 0 Å². The van der Waals surface area contributed by atoms with Gasteiger partial charge in [-0.3, -0.25) is 4.79 Å². The number of carbonyl (C=O) groups excluding carboxylic acids is 1.